The number of rotatable bonds is 5. The zero-order chi connectivity index (χ0) is 18.4. The maximum Gasteiger partial charge on any atom is 0.224 e. The van der Waals surface area contributed by atoms with Crippen LogP contribution in [-0.4, -0.2) is 55.0 Å². The quantitative estimate of drug-likeness (QED) is 0.813. The number of benzene rings is 1. The van der Waals surface area contributed by atoms with E-state index < -0.39 is 0 Å². The first-order chi connectivity index (χ1) is 12.6. The molecule has 2 fully saturated rings. The summed E-state index contributed by atoms with van der Waals surface area (Å²) in [5.74, 6) is 0.460. The molecule has 142 valence electrons. The summed E-state index contributed by atoms with van der Waals surface area (Å²) in [5.41, 5.74) is 1.41. The van der Waals surface area contributed by atoms with Gasteiger partial charge in [-0.25, -0.2) is 0 Å². The largest absolute Gasteiger partial charge is 0.384 e. The summed E-state index contributed by atoms with van der Waals surface area (Å²) in [5, 5.41) is 0. The molecule has 26 heavy (non-hydrogen) atoms. The van der Waals surface area contributed by atoms with E-state index in [9.17, 15) is 9.59 Å². The van der Waals surface area contributed by atoms with Crippen molar-refractivity contribution in [3.05, 3.63) is 35.9 Å². The summed E-state index contributed by atoms with van der Waals surface area (Å²) >= 11 is 0. The highest BCUT2D eigenvalue weighted by Crippen LogP contribution is 2.41. The molecule has 2 aliphatic heterocycles. The number of piperidine rings is 1. The standard InChI is InChI=1S/C21H30N2O3/c1-26-16-8-20(25)22-13-10-21(11-14-22)9-7-19(24)23(15-12-21)17-18-5-3-2-4-6-18/h2-6H,7-17H2,1H3. The minimum Gasteiger partial charge on any atom is -0.384 e. The molecular formula is C21H30N2O3. The van der Waals surface area contributed by atoms with Crippen molar-refractivity contribution in [2.45, 2.75) is 45.1 Å². The van der Waals surface area contributed by atoms with Crippen molar-refractivity contribution in [2.75, 3.05) is 33.4 Å². The molecule has 0 aromatic heterocycles. The van der Waals surface area contributed by atoms with Gasteiger partial charge in [-0.2, -0.15) is 0 Å². The normalized spacial score (nSPS) is 20.3. The van der Waals surface area contributed by atoms with E-state index in [1.165, 1.54) is 5.56 Å². The molecule has 0 atom stereocenters. The van der Waals surface area contributed by atoms with Gasteiger partial charge in [-0.3, -0.25) is 9.59 Å². The van der Waals surface area contributed by atoms with Crippen LogP contribution in [0.4, 0.5) is 0 Å². The van der Waals surface area contributed by atoms with E-state index in [0.717, 1.165) is 45.3 Å². The maximum atomic E-state index is 12.6. The molecule has 0 N–H and O–H groups in total. The number of methoxy groups -OCH3 is 1. The Morgan fingerprint density at radius 3 is 2.46 bits per heavy atom. The van der Waals surface area contributed by atoms with Crippen molar-refractivity contribution in [1.29, 1.82) is 0 Å². The van der Waals surface area contributed by atoms with Gasteiger partial charge in [0.1, 0.15) is 0 Å². The first-order valence-electron chi connectivity index (χ1n) is 9.70. The molecule has 1 aromatic carbocycles. The predicted molar refractivity (Wildman–Crippen MR) is 100 cm³/mol. The third-order valence-corrected chi connectivity index (χ3v) is 6.05. The van der Waals surface area contributed by atoms with Crippen LogP contribution in [0, 0.1) is 5.41 Å². The van der Waals surface area contributed by atoms with Gasteiger partial charge in [-0.05, 0) is 36.7 Å². The summed E-state index contributed by atoms with van der Waals surface area (Å²) < 4.78 is 5.01. The highest BCUT2D eigenvalue weighted by atomic mass is 16.5. The van der Waals surface area contributed by atoms with Crippen LogP contribution in [0.3, 0.4) is 0 Å². The number of likely N-dealkylation sites (tertiary alicyclic amines) is 2. The van der Waals surface area contributed by atoms with Crippen LogP contribution in [0.25, 0.3) is 0 Å². The minimum absolute atomic E-state index is 0.192. The Kier molecular flexibility index (Phi) is 6.30. The van der Waals surface area contributed by atoms with Gasteiger partial charge in [0.15, 0.2) is 0 Å². The molecule has 0 bridgehead atoms. The number of ether oxygens (including phenoxy) is 1. The van der Waals surface area contributed by atoms with E-state index in [1.807, 2.05) is 28.0 Å². The van der Waals surface area contributed by atoms with Crippen molar-refractivity contribution < 1.29 is 14.3 Å². The second-order valence-corrected chi connectivity index (χ2v) is 7.67. The Bertz CT molecular complexity index is 609. The SMILES string of the molecule is COCCC(=O)N1CCC2(CCC(=O)N(Cc3ccccc3)CC2)CC1. The van der Waals surface area contributed by atoms with Crippen LogP contribution in [0.2, 0.25) is 0 Å². The Hall–Kier alpha value is -1.88. The predicted octanol–water partition coefficient (Wildman–Crippen LogP) is 2.84. The van der Waals surface area contributed by atoms with Crippen LogP contribution in [0.5, 0.6) is 0 Å². The van der Waals surface area contributed by atoms with E-state index in [2.05, 4.69) is 12.1 Å². The first-order valence-corrected chi connectivity index (χ1v) is 9.70. The first kappa shape index (κ1) is 18.9. The number of hydrogen-bond donors (Lipinski definition) is 0. The van der Waals surface area contributed by atoms with E-state index in [4.69, 9.17) is 4.74 Å². The van der Waals surface area contributed by atoms with Gasteiger partial charge in [-0.1, -0.05) is 30.3 Å². The third kappa shape index (κ3) is 4.64. The molecule has 2 aliphatic rings. The summed E-state index contributed by atoms with van der Waals surface area (Å²) in [4.78, 5) is 28.8. The Morgan fingerprint density at radius 2 is 1.77 bits per heavy atom. The Morgan fingerprint density at radius 1 is 1.08 bits per heavy atom. The van der Waals surface area contributed by atoms with E-state index in [1.54, 1.807) is 7.11 Å². The van der Waals surface area contributed by atoms with Gasteiger partial charge in [0.2, 0.25) is 11.8 Å². The van der Waals surface area contributed by atoms with Crippen molar-refractivity contribution in [1.82, 2.24) is 9.80 Å². The van der Waals surface area contributed by atoms with Crippen molar-refractivity contribution in [2.24, 2.45) is 5.41 Å². The number of hydrogen-bond acceptors (Lipinski definition) is 3. The average molecular weight is 358 g/mol. The van der Waals surface area contributed by atoms with Gasteiger partial charge in [-0.15, -0.1) is 0 Å². The Labute approximate surface area is 156 Å². The maximum absolute atomic E-state index is 12.6. The van der Waals surface area contributed by atoms with Gasteiger partial charge in [0.25, 0.3) is 0 Å². The zero-order valence-electron chi connectivity index (χ0n) is 15.8. The fraction of sp³-hybridized carbons (Fsp3) is 0.619. The molecule has 2 saturated heterocycles. The molecule has 2 amide bonds. The topological polar surface area (TPSA) is 49.9 Å². The summed E-state index contributed by atoms with van der Waals surface area (Å²) in [7, 11) is 1.63. The molecule has 2 heterocycles. The number of carbonyl (C=O) groups excluding carboxylic acids is 2. The van der Waals surface area contributed by atoms with Crippen LogP contribution in [-0.2, 0) is 20.9 Å². The number of amides is 2. The fourth-order valence-corrected chi connectivity index (χ4v) is 4.20. The number of carbonyl (C=O) groups is 2. The van der Waals surface area contributed by atoms with E-state index in [-0.39, 0.29) is 17.2 Å². The lowest BCUT2D eigenvalue weighted by atomic mass is 9.73. The molecular weight excluding hydrogens is 328 g/mol. The molecule has 0 aliphatic carbocycles. The zero-order valence-corrected chi connectivity index (χ0v) is 15.8. The summed E-state index contributed by atoms with van der Waals surface area (Å²) in [6.45, 7) is 3.65. The average Bonchev–Trinajstić information content (AvgIpc) is 2.82. The van der Waals surface area contributed by atoms with Gasteiger partial charge in [0.05, 0.1) is 13.0 Å². The van der Waals surface area contributed by atoms with Crippen molar-refractivity contribution in [3.8, 4) is 0 Å². The Balaban J connectivity index is 1.55. The van der Waals surface area contributed by atoms with Gasteiger partial charge in [0, 0.05) is 39.7 Å². The molecule has 0 radical (unpaired) electrons. The van der Waals surface area contributed by atoms with Gasteiger partial charge < -0.3 is 14.5 Å². The van der Waals surface area contributed by atoms with Crippen LogP contribution in [0.15, 0.2) is 30.3 Å². The second kappa shape index (κ2) is 8.67. The molecule has 5 heteroatoms. The van der Waals surface area contributed by atoms with Crippen molar-refractivity contribution in [3.63, 3.8) is 0 Å². The second-order valence-electron chi connectivity index (χ2n) is 7.67. The van der Waals surface area contributed by atoms with Crippen molar-refractivity contribution >= 4 is 11.8 Å². The van der Waals surface area contributed by atoms with E-state index in [0.29, 0.717) is 26.0 Å². The molecule has 0 saturated carbocycles. The van der Waals surface area contributed by atoms with Crippen LogP contribution >= 0.6 is 0 Å². The lowest BCUT2D eigenvalue weighted by molar-refractivity contribution is -0.135. The minimum atomic E-state index is 0.192. The fourth-order valence-electron chi connectivity index (χ4n) is 4.20. The van der Waals surface area contributed by atoms with E-state index >= 15 is 0 Å². The summed E-state index contributed by atoms with van der Waals surface area (Å²) in [6, 6.07) is 10.2. The molecule has 1 spiro atoms. The monoisotopic (exact) mass is 358 g/mol. The van der Waals surface area contributed by atoms with Gasteiger partial charge >= 0.3 is 0 Å². The molecule has 0 unspecified atom stereocenters. The number of nitrogens with zero attached hydrogens (tertiary/aromatic N) is 2. The highest BCUT2D eigenvalue weighted by Gasteiger charge is 2.38. The molecule has 3 rings (SSSR count). The molecule has 5 nitrogen and oxygen atoms in total. The smallest absolute Gasteiger partial charge is 0.224 e. The summed E-state index contributed by atoms with van der Waals surface area (Å²) in [6.07, 6.45) is 5.12. The molecule has 1 aromatic rings. The third-order valence-electron chi connectivity index (χ3n) is 6.05. The lowest BCUT2D eigenvalue weighted by Gasteiger charge is -2.41. The lowest BCUT2D eigenvalue weighted by Crippen LogP contribution is -2.43. The van der Waals surface area contributed by atoms with Crippen LogP contribution in [0.1, 0.15) is 44.1 Å². The highest BCUT2D eigenvalue weighted by molar-refractivity contribution is 5.77. The van der Waals surface area contributed by atoms with Crippen LogP contribution < -0.4 is 0 Å².